The Labute approximate surface area is 110 Å². The lowest BCUT2D eigenvalue weighted by molar-refractivity contribution is -0.00501. The Balaban J connectivity index is 2.50. The summed E-state index contributed by atoms with van der Waals surface area (Å²) >= 11 is 0. The van der Waals surface area contributed by atoms with E-state index in [1.165, 1.54) is 0 Å². The molecule has 1 fully saturated rings. The van der Waals surface area contributed by atoms with Crippen LogP contribution in [0.25, 0.3) is 0 Å². The SMILES string of the molecule is CCONCC1CCCCN1C(=O)OC(C)(C)C. The minimum Gasteiger partial charge on any atom is -0.444 e. The highest BCUT2D eigenvalue weighted by molar-refractivity contribution is 5.68. The van der Waals surface area contributed by atoms with Crippen molar-refractivity contribution in [2.75, 3.05) is 19.7 Å². The van der Waals surface area contributed by atoms with Crippen LogP contribution < -0.4 is 5.48 Å². The smallest absolute Gasteiger partial charge is 0.410 e. The molecule has 0 aromatic carbocycles. The highest BCUT2D eigenvalue weighted by Gasteiger charge is 2.30. The van der Waals surface area contributed by atoms with Crippen LogP contribution in [0, 0.1) is 0 Å². The van der Waals surface area contributed by atoms with Crippen molar-refractivity contribution in [1.82, 2.24) is 10.4 Å². The molecule has 0 spiro atoms. The van der Waals surface area contributed by atoms with Crippen LogP contribution in [0.2, 0.25) is 0 Å². The zero-order chi connectivity index (χ0) is 13.6. The number of nitrogens with one attached hydrogen (secondary N) is 1. The third-order valence-corrected chi connectivity index (χ3v) is 2.82. The minimum atomic E-state index is -0.438. The minimum absolute atomic E-state index is 0.167. The first-order valence-electron chi connectivity index (χ1n) is 6.78. The zero-order valence-corrected chi connectivity index (χ0v) is 12.0. The Morgan fingerprint density at radius 2 is 2.11 bits per heavy atom. The molecule has 1 aliphatic heterocycles. The van der Waals surface area contributed by atoms with Gasteiger partial charge in [0.15, 0.2) is 0 Å². The van der Waals surface area contributed by atoms with Gasteiger partial charge >= 0.3 is 6.09 Å². The fourth-order valence-electron chi connectivity index (χ4n) is 2.03. The van der Waals surface area contributed by atoms with E-state index < -0.39 is 5.60 Å². The van der Waals surface area contributed by atoms with Crippen molar-refractivity contribution in [2.24, 2.45) is 0 Å². The van der Waals surface area contributed by atoms with Gasteiger partial charge in [-0.25, -0.2) is 10.3 Å². The molecule has 5 heteroatoms. The third kappa shape index (κ3) is 5.23. The highest BCUT2D eigenvalue weighted by Crippen LogP contribution is 2.19. The molecule has 0 aromatic heterocycles. The Morgan fingerprint density at radius 3 is 2.72 bits per heavy atom. The summed E-state index contributed by atoms with van der Waals surface area (Å²) in [6.45, 7) is 9.66. The van der Waals surface area contributed by atoms with Gasteiger partial charge in [0.05, 0.1) is 6.61 Å². The third-order valence-electron chi connectivity index (χ3n) is 2.82. The predicted molar refractivity (Wildman–Crippen MR) is 70.2 cm³/mol. The molecule has 0 saturated carbocycles. The Hall–Kier alpha value is -0.810. The Morgan fingerprint density at radius 1 is 1.39 bits per heavy atom. The fraction of sp³-hybridized carbons (Fsp3) is 0.923. The number of hydroxylamine groups is 1. The summed E-state index contributed by atoms with van der Waals surface area (Å²) in [5.41, 5.74) is 2.46. The van der Waals surface area contributed by atoms with Gasteiger partial charge in [-0.3, -0.25) is 0 Å². The number of likely N-dealkylation sites (tertiary alicyclic amines) is 1. The number of rotatable bonds is 4. The van der Waals surface area contributed by atoms with E-state index in [2.05, 4.69) is 5.48 Å². The van der Waals surface area contributed by atoms with Crippen LogP contribution in [-0.2, 0) is 9.57 Å². The zero-order valence-electron chi connectivity index (χ0n) is 12.0. The molecule has 1 atom stereocenters. The molecule has 106 valence electrons. The predicted octanol–water partition coefficient (Wildman–Crippen LogP) is 2.32. The average Bonchev–Trinajstić information content (AvgIpc) is 2.27. The number of hydrogen-bond acceptors (Lipinski definition) is 4. The maximum Gasteiger partial charge on any atom is 0.410 e. The largest absolute Gasteiger partial charge is 0.444 e. The summed E-state index contributed by atoms with van der Waals surface area (Å²) in [4.78, 5) is 19.0. The van der Waals surface area contributed by atoms with Crippen LogP contribution in [0.5, 0.6) is 0 Å². The molecule has 1 heterocycles. The topological polar surface area (TPSA) is 50.8 Å². The number of hydrogen-bond donors (Lipinski definition) is 1. The van der Waals surface area contributed by atoms with Gasteiger partial charge in [0.25, 0.3) is 0 Å². The summed E-state index contributed by atoms with van der Waals surface area (Å²) in [6.07, 6.45) is 2.98. The van der Waals surface area contributed by atoms with E-state index >= 15 is 0 Å². The lowest BCUT2D eigenvalue weighted by atomic mass is 10.0. The maximum absolute atomic E-state index is 12.1. The van der Waals surface area contributed by atoms with Gasteiger partial charge in [0.2, 0.25) is 0 Å². The number of ether oxygens (including phenoxy) is 1. The van der Waals surface area contributed by atoms with Crippen molar-refractivity contribution in [3.05, 3.63) is 0 Å². The van der Waals surface area contributed by atoms with Gasteiger partial charge in [-0.05, 0) is 47.0 Å². The van der Waals surface area contributed by atoms with Crippen LogP contribution in [0.3, 0.4) is 0 Å². The van der Waals surface area contributed by atoms with Gasteiger partial charge in [-0.1, -0.05) is 0 Å². The summed E-state index contributed by atoms with van der Waals surface area (Å²) in [7, 11) is 0. The average molecular weight is 258 g/mol. The fourth-order valence-corrected chi connectivity index (χ4v) is 2.03. The highest BCUT2D eigenvalue weighted by atomic mass is 16.6. The number of nitrogens with zero attached hydrogens (tertiary/aromatic N) is 1. The van der Waals surface area contributed by atoms with Crippen molar-refractivity contribution in [1.29, 1.82) is 0 Å². The molecule has 0 aliphatic carbocycles. The number of carbonyl (C=O) groups excluding carboxylic acids is 1. The lowest BCUT2D eigenvalue weighted by Crippen LogP contribution is -2.50. The molecule has 1 rings (SSSR count). The van der Waals surface area contributed by atoms with Crippen molar-refractivity contribution in [3.8, 4) is 0 Å². The van der Waals surface area contributed by atoms with Crippen LogP contribution in [0.1, 0.15) is 47.0 Å². The molecule has 18 heavy (non-hydrogen) atoms. The van der Waals surface area contributed by atoms with E-state index in [1.54, 1.807) is 0 Å². The molecule has 0 radical (unpaired) electrons. The Bertz CT molecular complexity index is 263. The molecule has 0 aromatic rings. The van der Waals surface area contributed by atoms with Crippen molar-refractivity contribution < 1.29 is 14.4 Å². The second-order valence-corrected chi connectivity index (χ2v) is 5.60. The summed E-state index contributed by atoms with van der Waals surface area (Å²) in [6, 6.07) is 0.167. The quantitative estimate of drug-likeness (QED) is 0.621. The summed E-state index contributed by atoms with van der Waals surface area (Å²) < 4.78 is 5.43. The normalized spacial score (nSPS) is 20.9. The summed E-state index contributed by atoms with van der Waals surface area (Å²) in [5, 5.41) is 0. The summed E-state index contributed by atoms with van der Waals surface area (Å²) in [5.74, 6) is 0. The van der Waals surface area contributed by atoms with E-state index in [4.69, 9.17) is 9.57 Å². The van der Waals surface area contributed by atoms with Crippen LogP contribution in [0.15, 0.2) is 0 Å². The van der Waals surface area contributed by atoms with E-state index in [0.29, 0.717) is 13.2 Å². The molecular formula is C13H26N2O3. The van der Waals surface area contributed by atoms with Gasteiger partial charge in [0, 0.05) is 19.1 Å². The second kappa shape index (κ2) is 6.95. The van der Waals surface area contributed by atoms with Crippen LogP contribution in [-0.4, -0.2) is 42.3 Å². The van der Waals surface area contributed by atoms with E-state index in [0.717, 1.165) is 25.8 Å². The molecule has 1 amide bonds. The van der Waals surface area contributed by atoms with Crippen molar-refractivity contribution in [2.45, 2.75) is 58.6 Å². The van der Waals surface area contributed by atoms with Gasteiger partial charge < -0.3 is 14.5 Å². The van der Waals surface area contributed by atoms with Gasteiger partial charge in [0.1, 0.15) is 5.60 Å². The number of piperidine rings is 1. The molecule has 0 bridgehead atoms. The van der Waals surface area contributed by atoms with Crippen LogP contribution in [0.4, 0.5) is 4.79 Å². The molecular weight excluding hydrogens is 232 g/mol. The van der Waals surface area contributed by atoms with E-state index in [9.17, 15) is 4.79 Å². The lowest BCUT2D eigenvalue weighted by Gasteiger charge is -2.36. The second-order valence-electron chi connectivity index (χ2n) is 5.60. The number of amides is 1. The van der Waals surface area contributed by atoms with E-state index in [-0.39, 0.29) is 12.1 Å². The first-order chi connectivity index (χ1) is 8.44. The molecule has 1 saturated heterocycles. The standard InChI is InChI=1S/C13H26N2O3/c1-5-17-14-10-11-8-6-7-9-15(11)12(16)18-13(2,3)4/h11,14H,5-10H2,1-4H3. The van der Waals surface area contributed by atoms with E-state index in [1.807, 2.05) is 32.6 Å². The molecule has 1 unspecified atom stereocenters. The maximum atomic E-state index is 12.1. The number of carbonyl (C=O) groups is 1. The van der Waals surface area contributed by atoms with Crippen molar-refractivity contribution in [3.63, 3.8) is 0 Å². The van der Waals surface area contributed by atoms with Gasteiger partial charge in [-0.15, -0.1) is 0 Å². The molecule has 1 aliphatic rings. The van der Waals surface area contributed by atoms with Crippen LogP contribution >= 0.6 is 0 Å². The van der Waals surface area contributed by atoms with Crippen molar-refractivity contribution >= 4 is 6.09 Å². The first kappa shape index (κ1) is 15.2. The first-order valence-corrected chi connectivity index (χ1v) is 6.78. The monoisotopic (exact) mass is 258 g/mol. The molecule has 5 nitrogen and oxygen atoms in total. The Kier molecular flexibility index (Phi) is 5.88. The molecule has 1 N–H and O–H groups in total. The van der Waals surface area contributed by atoms with Gasteiger partial charge in [-0.2, -0.15) is 0 Å².